The van der Waals surface area contributed by atoms with Crippen LogP contribution in [0.4, 0.5) is 0 Å². The Labute approximate surface area is 89.4 Å². The number of hydrogen-bond donors (Lipinski definition) is 1. The molecule has 1 aromatic rings. The van der Waals surface area contributed by atoms with E-state index in [0.717, 1.165) is 12.2 Å². The van der Waals surface area contributed by atoms with Crippen molar-refractivity contribution in [2.45, 2.75) is 33.0 Å². The van der Waals surface area contributed by atoms with Crippen LogP contribution in [-0.2, 0) is 22.6 Å². The molecular formula is C10H17N3O2. The van der Waals surface area contributed by atoms with Gasteiger partial charge in [-0.15, -0.1) is 0 Å². The zero-order chi connectivity index (χ0) is 11.3. The normalized spacial score (nSPS) is 12.5. The van der Waals surface area contributed by atoms with Crippen molar-refractivity contribution in [1.82, 2.24) is 15.1 Å². The molecule has 1 rings (SSSR count). The monoisotopic (exact) mass is 211 g/mol. The van der Waals surface area contributed by atoms with Gasteiger partial charge in [0.05, 0.1) is 12.8 Å². The zero-order valence-corrected chi connectivity index (χ0v) is 9.36. The first-order chi connectivity index (χ1) is 7.19. The molecule has 5 heteroatoms. The van der Waals surface area contributed by atoms with Gasteiger partial charge in [-0.25, -0.2) is 0 Å². The predicted molar refractivity (Wildman–Crippen MR) is 56.2 cm³/mol. The summed E-state index contributed by atoms with van der Waals surface area (Å²) in [7, 11) is 1.39. The van der Waals surface area contributed by atoms with E-state index in [2.05, 4.69) is 15.2 Å². The predicted octanol–water partition coefficient (Wildman–Crippen LogP) is 0.554. The van der Waals surface area contributed by atoms with Gasteiger partial charge in [-0.3, -0.25) is 14.8 Å². The van der Waals surface area contributed by atoms with E-state index in [0.29, 0.717) is 6.54 Å². The molecule has 15 heavy (non-hydrogen) atoms. The number of methoxy groups -OCH3 is 1. The molecule has 1 atom stereocenters. The van der Waals surface area contributed by atoms with E-state index in [1.165, 1.54) is 7.11 Å². The number of aromatic nitrogens is 2. The van der Waals surface area contributed by atoms with Gasteiger partial charge < -0.3 is 4.74 Å². The maximum atomic E-state index is 11.1. The molecule has 0 spiro atoms. The van der Waals surface area contributed by atoms with E-state index in [4.69, 9.17) is 0 Å². The van der Waals surface area contributed by atoms with Crippen molar-refractivity contribution in [3.63, 3.8) is 0 Å². The highest BCUT2D eigenvalue weighted by atomic mass is 16.5. The van der Waals surface area contributed by atoms with E-state index in [9.17, 15) is 4.79 Å². The Morgan fingerprint density at radius 1 is 1.73 bits per heavy atom. The molecule has 1 N–H and O–H groups in total. The van der Waals surface area contributed by atoms with Crippen molar-refractivity contribution in [1.29, 1.82) is 0 Å². The number of carbonyl (C=O) groups is 1. The Bertz CT molecular complexity index is 322. The van der Waals surface area contributed by atoms with E-state index in [-0.39, 0.29) is 12.0 Å². The second-order valence-electron chi connectivity index (χ2n) is 3.26. The number of rotatable bonds is 5. The van der Waals surface area contributed by atoms with Crippen molar-refractivity contribution in [3.8, 4) is 0 Å². The number of ether oxygens (including phenoxy) is 1. The van der Waals surface area contributed by atoms with Crippen molar-refractivity contribution < 1.29 is 9.53 Å². The first-order valence-corrected chi connectivity index (χ1v) is 5.01. The molecule has 0 aliphatic rings. The molecule has 0 aromatic carbocycles. The topological polar surface area (TPSA) is 56.2 Å². The fourth-order valence-electron chi connectivity index (χ4n) is 1.31. The van der Waals surface area contributed by atoms with Crippen LogP contribution in [0, 0.1) is 0 Å². The quantitative estimate of drug-likeness (QED) is 0.723. The van der Waals surface area contributed by atoms with Crippen molar-refractivity contribution in [2.24, 2.45) is 0 Å². The van der Waals surface area contributed by atoms with Crippen LogP contribution in [-0.4, -0.2) is 28.9 Å². The third kappa shape index (κ3) is 3.06. The molecule has 1 aromatic heterocycles. The lowest BCUT2D eigenvalue weighted by Gasteiger charge is -2.11. The smallest absolute Gasteiger partial charge is 0.322 e. The summed E-state index contributed by atoms with van der Waals surface area (Å²) in [5.41, 5.74) is 1.06. The third-order valence-electron chi connectivity index (χ3n) is 2.25. The minimum Gasteiger partial charge on any atom is -0.468 e. The van der Waals surface area contributed by atoms with Crippen molar-refractivity contribution in [2.75, 3.05) is 7.11 Å². The van der Waals surface area contributed by atoms with Gasteiger partial charge in [-0.2, -0.15) is 5.10 Å². The highest BCUT2D eigenvalue weighted by Gasteiger charge is 2.12. The summed E-state index contributed by atoms with van der Waals surface area (Å²) in [5, 5.41) is 7.21. The molecule has 0 amide bonds. The fraction of sp³-hybridized carbons (Fsp3) is 0.600. The Hall–Kier alpha value is -1.36. The van der Waals surface area contributed by atoms with Crippen LogP contribution in [0.1, 0.15) is 19.5 Å². The zero-order valence-electron chi connectivity index (χ0n) is 9.36. The Balaban J connectivity index is 2.46. The second-order valence-corrected chi connectivity index (χ2v) is 3.26. The number of carbonyl (C=O) groups excluding carboxylic acids is 1. The summed E-state index contributed by atoms with van der Waals surface area (Å²) in [5.74, 6) is -0.252. The van der Waals surface area contributed by atoms with Crippen LogP contribution in [0.15, 0.2) is 12.3 Å². The van der Waals surface area contributed by atoms with Gasteiger partial charge in [0.15, 0.2) is 0 Å². The summed E-state index contributed by atoms with van der Waals surface area (Å²) < 4.78 is 6.50. The molecule has 0 fully saturated rings. The van der Waals surface area contributed by atoms with Crippen LogP contribution < -0.4 is 5.32 Å². The lowest BCUT2D eigenvalue weighted by molar-refractivity contribution is -0.142. The average Bonchev–Trinajstić information content (AvgIpc) is 2.71. The summed E-state index contributed by atoms with van der Waals surface area (Å²) in [4.78, 5) is 11.1. The van der Waals surface area contributed by atoms with E-state index in [1.807, 2.05) is 17.7 Å². The average molecular weight is 211 g/mol. The molecule has 0 saturated carbocycles. The minimum atomic E-state index is -0.296. The van der Waals surface area contributed by atoms with E-state index < -0.39 is 0 Å². The van der Waals surface area contributed by atoms with Crippen LogP contribution in [0.5, 0.6) is 0 Å². The highest BCUT2D eigenvalue weighted by molar-refractivity contribution is 5.75. The first kappa shape index (κ1) is 11.7. The summed E-state index contributed by atoms with van der Waals surface area (Å²) >= 11 is 0. The maximum absolute atomic E-state index is 11.1. The van der Waals surface area contributed by atoms with Crippen LogP contribution in [0.25, 0.3) is 0 Å². The van der Waals surface area contributed by atoms with Crippen molar-refractivity contribution in [3.05, 3.63) is 18.0 Å². The molecule has 5 nitrogen and oxygen atoms in total. The molecule has 0 aliphatic carbocycles. The summed E-state index contributed by atoms with van der Waals surface area (Å²) in [6.07, 6.45) is 1.75. The Morgan fingerprint density at radius 3 is 3.07 bits per heavy atom. The summed E-state index contributed by atoms with van der Waals surface area (Å²) in [6.45, 7) is 5.25. The van der Waals surface area contributed by atoms with Gasteiger partial charge in [-0.05, 0) is 19.9 Å². The largest absolute Gasteiger partial charge is 0.468 e. The first-order valence-electron chi connectivity index (χ1n) is 5.01. The number of esters is 1. The number of hydrogen-bond acceptors (Lipinski definition) is 4. The van der Waals surface area contributed by atoms with Gasteiger partial charge >= 0.3 is 5.97 Å². The van der Waals surface area contributed by atoms with Gasteiger partial charge in [-0.1, -0.05) is 0 Å². The number of aryl methyl sites for hydroxylation is 1. The molecule has 0 bridgehead atoms. The fourth-order valence-corrected chi connectivity index (χ4v) is 1.31. The van der Waals surface area contributed by atoms with Gasteiger partial charge in [0.1, 0.15) is 6.04 Å². The Kier molecular flexibility index (Phi) is 4.30. The number of nitrogens with one attached hydrogen (secondary N) is 1. The van der Waals surface area contributed by atoms with E-state index >= 15 is 0 Å². The molecule has 0 aliphatic heterocycles. The van der Waals surface area contributed by atoms with E-state index in [1.54, 1.807) is 13.1 Å². The summed E-state index contributed by atoms with van der Waals surface area (Å²) in [6, 6.07) is 1.63. The van der Waals surface area contributed by atoms with Gasteiger partial charge in [0, 0.05) is 19.3 Å². The van der Waals surface area contributed by atoms with Crippen LogP contribution >= 0.6 is 0 Å². The molecule has 1 heterocycles. The third-order valence-corrected chi connectivity index (χ3v) is 2.25. The highest BCUT2D eigenvalue weighted by Crippen LogP contribution is 1.99. The van der Waals surface area contributed by atoms with Crippen LogP contribution in [0.2, 0.25) is 0 Å². The van der Waals surface area contributed by atoms with Crippen LogP contribution in [0.3, 0.4) is 0 Å². The lowest BCUT2D eigenvalue weighted by atomic mass is 10.3. The molecule has 0 saturated heterocycles. The number of nitrogens with zero attached hydrogens (tertiary/aromatic N) is 2. The van der Waals surface area contributed by atoms with Gasteiger partial charge in [0.25, 0.3) is 0 Å². The molecule has 1 unspecified atom stereocenters. The molecule has 84 valence electrons. The molecule has 0 radical (unpaired) electrons. The Morgan fingerprint density at radius 2 is 2.47 bits per heavy atom. The standard InChI is InChI=1S/C10H17N3O2/c1-4-13-9(5-6-12-13)7-11-8(2)10(14)15-3/h5-6,8,11H,4,7H2,1-3H3. The lowest BCUT2D eigenvalue weighted by Crippen LogP contribution is -2.34. The van der Waals surface area contributed by atoms with Gasteiger partial charge in [0.2, 0.25) is 0 Å². The van der Waals surface area contributed by atoms with Crippen molar-refractivity contribution >= 4 is 5.97 Å². The SMILES string of the molecule is CCn1nccc1CNC(C)C(=O)OC. The second kappa shape index (κ2) is 5.50. The minimum absolute atomic E-state index is 0.252. The maximum Gasteiger partial charge on any atom is 0.322 e. The molecular weight excluding hydrogens is 194 g/mol.